The van der Waals surface area contributed by atoms with Gasteiger partial charge in [-0.3, -0.25) is 4.79 Å². The Morgan fingerprint density at radius 2 is 2.04 bits per heavy atom. The second-order valence-electron chi connectivity index (χ2n) is 7.16. The van der Waals surface area contributed by atoms with Gasteiger partial charge in [-0.15, -0.1) is 0 Å². The van der Waals surface area contributed by atoms with Crippen LogP contribution in [-0.4, -0.2) is 46.6 Å². The zero-order valence-corrected chi connectivity index (χ0v) is 14.2. The van der Waals surface area contributed by atoms with Crippen molar-refractivity contribution in [2.45, 2.75) is 44.6 Å². The minimum atomic E-state index is -0.312. The highest BCUT2D eigenvalue weighted by Gasteiger charge is 2.30. The molecule has 5 heteroatoms. The molecular formula is C19H25N3O2. The number of rotatable bonds is 5. The molecule has 2 fully saturated rings. The Bertz CT molecular complexity index is 681. The number of amides is 1. The Hall–Kier alpha value is -1.88. The maximum Gasteiger partial charge on any atom is 0.251 e. The lowest BCUT2D eigenvalue weighted by Crippen LogP contribution is -2.43. The van der Waals surface area contributed by atoms with Gasteiger partial charge in [0.05, 0.1) is 17.6 Å². The number of ether oxygens (including phenoxy) is 1. The van der Waals surface area contributed by atoms with E-state index in [9.17, 15) is 4.79 Å². The lowest BCUT2D eigenvalue weighted by molar-refractivity contribution is -0.144. The number of hydrogen-bond acceptors (Lipinski definition) is 3. The number of H-pyrrole nitrogens is 1. The first kappa shape index (κ1) is 15.6. The van der Waals surface area contributed by atoms with Gasteiger partial charge in [0.15, 0.2) is 0 Å². The highest BCUT2D eigenvalue weighted by Crippen LogP contribution is 2.30. The van der Waals surface area contributed by atoms with Gasteiger partial charge in [-0.25, -0.2) is 4.98 Å². The average molecular weight is 327 g/mol. The molecule has 1 amide bonds. The van der Waals surface area contributed by atoms with Crippen LogP contribution >= 0.6 is 0 Å². The molecule has 1 saturated heterocycles. The molecule has 1 aliphatic heterocycles. The van der Waals surface area contributed by atoms with Gasteiger partial charge in [0.25, 0.3) is 5.91 Å². The molecule has 4 rings (SSSR count). The topological polar surface area (TPSA) is 58.2 Å². The van der Waals surface area contributed by atoms with Gasteiger partial charge < -0.3 is 14.6 Å². The second kappa shape index (κ2) is 6.55. The molecule has 2 heterocycles. The van der Waals surface area contributed by atoms with Gasteiger partial charge >= 0.3 is 0 Å². The van der Waals surface area contributed by atoms with Crippen LogP contribution in [0.5, 0.6) is 0 Å². The van der Waals surface area contributed by atoms with Crippen LogP contribution in [0.1, 0.15) is 44.3 Å². The number of piperidine rings is 1. The van der Waals surface area contributed by atoms with E-state index in [0.717, 1.165) is 49.4 Å². The monoisotopic (exact) mass is 327 g/mol. The molecule has 0 radical (unpaired) electrons. The van der Waals surface area contributed by atoms with E-state index in [4.69, 9.17) is 9.72 Å². The normalized spacial score (nSPS) is 20.5. The Labute approximate surface area is 142 Å². The Morgan fingerprint density at radius 1 is 1.29 bits per heavy atom. The van der Waals surface area contributed by atoms with Gasteiger partial charge in [0.2, 0.25) is 0 Å². The Morgan fingerprint density at radius 3 is 2.75 bits per heavy atom. The van der Waals surface area contributed by atoms with Gasteiger partial charge in [-0.05, 0) is 50.7 Å². The highest BCUT2D eigenvalue weighted by atomic mass is 16.5. The first-order chi connectivity index (χ1) is 11.7. The van der Waals surface area contributed by atoms with Crippen molar-refractivity contribution < 1.29 is 9.53 Å². The van der Waals surface area contributed by atoms with Crippen LogP contribution in [0, 0.1) is 5.92 Å². The number of aromatic amines is 1. The molecule has 128 valence electrons. The summed E-state index contributed by atoms with van der Waals surface area (Å²) < 4.78 is 5.72. The van der Waals surface area contributed by atoms with Gasteiger partial charge in [-0.1, -0.05) is 12.1 Å². The fourth-order valence-corrected chi connectivity index (χ4v) is 3.43. The van der Waals surface area contributed by atoms with Crippen LogP contribution in [0.25, 0.3) is 11.0 Å². The zero-order chi connectivity index (χ0) is 16.5. The average Bonchev–Trinajstić information content (AvgIpc) is 3.35. The maximum absolute atomic E-state index is 12.5. The van der Waals surface area contributed by atoms with E-state index in [1.165, 1.54) is 12.8 Å². The van der Waals surface area contributed by atoms with E-state index in [1.54, 1.807) is 0 Å². The molecule has 1 atom stereocenters. The number of carbonyl (C=O) groups is 1. The molecule has 1 aromatic heterocycles. The molecule has 2 aromatic rings. The maximum atomic E-state index is 12.5. The number of nitrogens with one attached hydrogen (secondary N) is 1. The third-order valence-electron chi connectivity index (χ3n) is 5.23. The summed E-state index contributed by atoms with van der Waals surface area (Å²) in [4.78, 5) is 22.6. The van der Waals surface area contributed by atoms with Crippen molar-refractivity contribution in [3.63, 3.8) is 0 Å². The first-order valence-electron chi connectivity index (χ1n) is 9.06. The number of carbonyl (C=O) groups excluding carboxylic acids is 1. The summed E-state index contributed by atoms with van der Waals surface area (Å²) in [6.07, 6.45) is 4.11. The predicted molar refractivity (Wildman–Crippen MR) is 92.8 cm³/mol. The number of nitrogens with zero attached hydrogens (tertiary/aromatic N) is 2. The van der Waals surface area contributed by atoms with Crippen LogP contribution in [0.3, 0.4) is 0 Å². The van der Waals surface area contributed by atoms with E-state index < -0.39 is 0 Å². The van der Waals surface area contributed by atoms with E-state index >= 15 is 0 Å². The van der Waals surface area contributed by atoms with Crippen LogP contribution in [0.2, 0.25) is 0 Å². The Balaban J connectivity index is 1.33. The second-order valence-corrected chi connectivity index (χ2v) is 7.16. The number of fused-ring (bicyclic) bond motifs is 1. The molecule has 5 nitrogen and oxygen atoms in total. The summed E-state index contributed by atoms with van der Waals surface area (Å²) in [5, 5.41) is 0. The van der Waals surface area contributed by atoms with Crippen molar-refractivity contribution in [2.75, 3.05) is 19.7 Å². The molecule has 24 heavy (non-hydrogen) atoms. The van der Waals surface area contributed by atoms with Crippen LogP contribution < -0.4 is 0 Å². The summed E-state index contributed by atoms with van der Waals surface area (Å²) in [6, 6.07) is 8.13. The zero-order valence-electron chi connectivity index (χ0n) is 14.2. The molecule has 1 aliphatic carbocycles. The van der Waals surface area contributed by atoms with Crippen molar-refractivity contribution >= 4 is 16.9 Å². The molecule has 0 unspecified atom stereocenters. The predicted octanol–water partition coefficient (Wildman–Crippen LogP) is 3.08. The summed E-state index contributed by atoms with van der Waals surface area (Å²) in [6.45, 7) is 4.20. The third-order valence-corrected chi connectivity index (χ3v) is 5.23. The number of imidazole rings is 1. The minimum absolute atomic E-state index is 0.138. The molecule has 1 saturated carbocycles. The number of aromatic nitrogens is 2. The van der Waals surface area contributed by atoms with Crippen LogP contribution in [-0.2, 0) is 9.53 Å². The van der Waals surface area contributed by atoms with E-state index in [2.05, 4.69) is 11.1 Å². The van der Waals surface area contributed by atoms with E-state index in [1.807, 2.05) is 30.0 Å². The van der Waals surface area contributed by atoms with Crippen molar-refractivity contribution in [2.24, 2.45) is 5.92 Å². The molecule has 0 bridgehead atoms. The Kier molecular flexibility index (Phi) is 4.27. The van der Waals surface area contributed by atoms with Gasteiger partial charge in [-0.2, -0.15) is 0 Å². The smallest absolute Gasteiger partial charge is 0.251 e. The summed E-state index contributed by atoms with van der Waals surface area (Å²) in [5.74, 6) is 2.29. The molecular weight excluding hydrogens is 302 g/mol. The minimum Gasteiger partial charge on any atom is -0.368 e. The highest BCUT2D eigenvalue weighted by molar-refractivity contribution is 5.80. The lowest BCUT2D eigenvalue weighted by Gasteiger charge is -2.32. The van der Waals surface area contributed by atoms with Crippen molar-refractivity contribution in [1.82, 2.24) is 14.9 Å². The number of likely N-dealkylation sites (tertiary alicyclic amines) is 1. The standard InChI is InChI=1S/C19H25N3O2/c1-13(24-12-14-6-7-14)19(23)22-10-8-15(9-11-22)18-20-16-4-2-3-5-17(16)21-18/h2-5,13-15H,6-12H2,1H3,(H,20,21)/t13-/m0/s1. The third kappa shape index (κ3) is 3.31. The number of hydrogen-bond donors (Lipinski definition) is 1. The van der Waals surface area contributed by atoms with Crippen molar-refractivity contribution in [3.05, 3.63) is 30.1 Å². The lowest BCUT2D eigenvalue weighted by atomic mass is 9.96. The summed E-state index contributed by atoms with van der Waals surface area (Å²) >= 11 is 0. The molecule has 1 aromatic carbocycles. The number of benzene rings is 1. The number of para-hydroxylation sites is 2. The van der Waals surface area contributed by atoms with E-state index in [0.29, 0.717) is 11.8 Å². The first-order valence-corrected chi connectivity index (χ1v) is 9.06. The SMILES string of the molecule is C[C@H](OCC1CC1)C(=O)N1CCC(c2nc3ccccc3[nH]2)CC1. The molecule has 2 aliphatic rings. The fraction of sp³-hybridized carbons (Fsp3) is 0.579. The van der Waals surface area contributed by atoms with Gasteiger partial charge in [0.1, 0.15) is 11.9 Å². The van der Waals surface area contributed by atoms with Crippen molar-refractivity contribution in [3.8, 4) is 0 Å². The van der Waals surface area contributed by atoms with Crippen molar-refractivity contribution in [1.29, 1.82) is 0 Å². The summed E-state index contributed by atoms with van der Waals surface area (Å²) in [7, 11) is 0. The van der Waals surface area contributed by atoms with Crippen LogP contribution in [0.4, 0.5) is 0 Å². The molecule has 1 N–H and O–H groups in total. The van der Waals surface area contributed by atoms with E-state index in [-0.39, 0.29) is 12.0 Å². The fourth-order valence-electron chi connectivity index (χ4n) is 3.43. The summed E-state index contributed by atoms with van der Waals surface area (Å²) in [5.41, 5.74) is 2.11. The quantitative estimate of drug-likeness (QED) is 0.918. The molecule has 0 spiro atoms. The van der Waals surface area contributed by atoms with Gasteiger partial charge in [0, 0.05) is 19.0 Å². The largest absolute Gasteiger partial charge is 0.368 e. The van der Waals surface area contributed by atoms with Crippen LogP contribution in [0.15, 0.2) is 24.3 Å².